The largest absolute Gasteiger partial charge is 0.367 e. The number of anilines is 2. The Bertz CT molecular complexity index is 965. The highest BCUT2D eigenvalue weighted by Gasteiger charge is 2.20. The first kappa shape index (κ1) is 20.2. The summed E-state index contributed by atoms with van der Waals surface area (Å²) in [5, 5.41) is 4.44. The van der Waals surface area contributed by atoms with E-state index in [2.05, 4.69) is 14.9 Å². The number of nitrogens with zero attached hydrogens (tertiary/aromatic N) is 5. The molecule has 30 heavy (non-hydrogen) atoms. The summed E-state index contributed by atoms with van der Waals surface area (Å²) < 4.78 is 15.7. The van der Waals surface area contributed by atoms with Crippen LogP contribution in [0.1, 0.15) is 12.8 Å². The molecule has 3 aromatic rings. The van der Waals surface area contributed by atoms with Gasteiger partial charge in [0.1, 0.15) is 5.82 Å². The zero-order chi connectivity index (χ0) is 20.9. The molecule has 3 heterocycles. The second-order valence-corrected chi connectivity index (χ2v) is 7.55. The van der Waals surface area contributed by atoms with E-state index in [4.69, 9.17) is 5.73 Å². The molecule has 2 amide bonds. The number of fused-ring (bicyclic) bond motifs is 1. The van der Waals surface area contributed by atoms with Crippen LogP contribution < -0.4 is 15.5 Å². The van der Waals surface area contributed by atoms with Crippen LogP contribution in [0.4, 0.5) is 20.7 Å². The molecule has 2 N–H and O–H groups in total. The Morgan fingerprint density at radius 3 is 2.57 bits per heavy atom. The Morgan fingerprint density at radius 2 is 1.83 bits per heavy atom. The highest BCUT2D eigenvalue weighted by molar-refractivity contribution is 5.90. The van der Waals surface area contributed by atoms with Gasteiger partial charge in [0.2, 0.25) is 0 Å². The third kappa shape index (κ3) is 4.54. The normalized spacial score (nSPS) is 14.9. The minimum Gasteiger partial charge on any atom is -0.367 e. The van der Waals surface area contributed by atoms with E-state index in [1.54, 1.807) is 10.6 Å². The minimum absolute atomic E-state index is 0.163. The summed E-state index contributed by atoms with van der Waals surface area (Å²) >= 11 is 0. The number of hydrogen-bond donors (Lipinski definition) is 1. The first-order valence-corrected chi connectivity index (χ1v) is 10.3. The van der Waals surface area contributed by atoms with Gasteiger partial charge in [0.25, 0.3) is 0 Å². The van der Waals surface area contributed by atoms with Crippen molar-refractivity contribution in [2.45, 2.75) is 12.8 Å². The number of aromatic nitrogens is 2. The number of rotatable bonds is 7. The third-order valence-electron chi connectivity index (χ3n) is 5.57. The number of piperazine rings is 1. The van der Waals surface area contributed by atoms with Crippen molar-refractivity contribution in [1.29, 1.82) is 0 Å². The van der Waals surface area contributed by atoms with E-state index in [1.165, 1.54) is 11.0 Å². The van der Waals surface area contributed by atoms with Gasteiger partial charge in [-0.3, -0.25) is 9.80 Å². The van der Waals surface area contributed by atoms with Gasteiger partial charge in [0.15, 0.2) is 5.82 Å². The van der Waals surface area contributed by atoms with Gasteiger partial charge in [-0.2, -0.15) is 0 Å². The maximum atomic E-state index is 14.0. The molecular weight excluding hydrogens is 383 g/mol. The molecule has 1 saturated heterocycles. The molecule has 1 fully saturated rings. The Labute approximate surface area is 175 Å². The van der Waals surface area contributed by atoms with Crippen LogP contribution in [0, 0.1) is 5.82 Å². The fourth-order valence-electron chi connectivity index (χ4n) is 3.92. The van der Waals surface area contributed by atoms with E-state index in [9.17, 15) is 9.18 Å². The van der Waals surface area contributed by atoms with E-state index in [1.807, 2.05) is 42.6 Å². The maximum absolute atomic E-state index is 14.0. The second-order valence-electron chi connectivity index (χ2n) is 7.55. The summed E-state index contributed by atoms with van der Waals surface area (Å²) in [6, 6.07) is 14.1. The van der Waals surface area contributed by atoms with E-state index in [0.717, 1.165) is 51.1 Å². The molecule has 1 aromatic carbocycles. The number of benzene rings is 1. The van der Waals surface area contributed by atoms with E-state index >= 15 is 0 Å². The number of carbonyl (C=O) groups is 1. The van der Waals surface area contributed by atoms with Gasteiger partial charge in [0, 0.05) is 45.0 Å². The number of pyridine rings is 1. The monoisotopic (exact) mass is 410 g/mol. The van der Waals surface area contributed by atoms with Crippen LogP contribution in [0.15, 0.2) is 54.7 Å². The molecule has 1 aliphatic rings. The van der Waals surface area contributed by atoms with Gasteiger partial charge in [0.05, 0.1) is 11.2 Å². The summed E-state index contributed by atoms with van der Waals surface area (Å²) in [5.41, 5.74) is 7.19. The van der Waals surface area contributed by atoms with Crippen molar-refractivity contribution in [3.63, 3.8) is 0 Å². The predicted molar refractivity (Wildman–Crippen MR) is 116 cm³/mol. The predicted octanol–water partition coefficient (Wildman–Crippen LogP) is 2.96. The number of primary amides is 1. The summed E-state index contributed by atoms with van der Waals surface area (Å²) in [7, 11) is 0. The maximum Gasteiger partial charge on any atom is 0.320 e. The fraction of sp³-hybridized carbons (Fsp3) is 0.364. The van der Waals surface area contributed by atoms with Gasteiger partial charge in [-0.25, -0.2) is 13.7 Å². The molecule has 8 heteroatoms. The molecule has 0 atom stereocenters. The Balaban J connectivity index is 1.24. The molecule has 7 nitrogen and oxygen atoms in total. The van der Waals surface area contributed by atoms with Crippen LogP contribution in [0.2, 0.25) is 0 Å². The van der Waals surface area contributed by atoms with E-state index < -0.39 is 6.03 Å². The third-order valence-corrected chi connectivity index (χ3v) is 5.57. The smallest absolute Gasteiger partial charge is 0.320 e. The number of para-hydroxylation sites is 1. The lowest BCUT2D eigenvalue weighted by molar-refractivity contribution is 0.248. The lowest BCUT2D eigenvalue weighted by Crippen LogP contribution is -2.47. The highest BCUT2D eigenvalue weighted by Crippen LogP contribution is 2.20. The van der Waals surface area contributed by atoms with Crippen molar-refractivity contribution < 1.29 is 9.18 Å². The number of carbonyl (C=O) groups excluding carboxylic acids is 1. The quantitative estimate of drug-likeness (QED) is 0.608. The van der Waals surface area contributed by atoms with Crippen LogP contribution >= 0.6 is 0 Å². The van der Waals surface area contributed by atoms with Gasteiger partial charge in [-0.1, -0.05) is 18.2 Å². The van der Waals surface area contributed by atoms with E-state index in [-0.39, 0.29) is 5.82 Å². The van der Waals surface area contributed by atoms with Crippen molar-refractivity contribution in [2.75, 3.05) is 49.1 Å². The lowest BCUT2D eigenvalue weighted by atomic mass is 10.2. The molecular formula is C22H27FN6O. The number of nitrogens with two attached hydrogens (primary N) is 1. The molecule has 0 aliphatic carbocycles. The first-order valence-electron chi connectivity index (χ1n) is 10.3. The molecule has 0 saturated carbocycles. The molecule has 4 rings (SSSR count). The molecule has 0 spiro atoms. The molecule has 0 bridgehead atoms. The Kier molecular flexibility index (Phi) is 6.13. The summed E-state index contributed by atoms with van der Waals surface area (Å²) in [6.45, 7) is 4.92. The molecule has 158 valence electrons. The van der Waals surface area contributed by atoms with E-state index in [0.29, 0.717) is 18.1 Å². The first-order chi connectivity index (χ1) is 14.6. The zero-order valence-electron chi connectivity index (χ0n) is 17.0. The van der Waals surface area contributed by atoms with Gasteiger partial charge >= 0.3 is 6.03 Å². The average Bonchev–Trinajstić information content (AvgIpc) is 3.18. The topological polar surface area (TPSA) is 70.1 Å². The van der Waals surface area contributed by atoms with Crippen molar-refractivity contribution >= 4 is 23.1 Å². The Hall–Kier alpha value is -3.13. The van der Waals surface area contributed by atoms with Crippen LogP contribution in [0.25, 0.3) is 5.52 Å². The highest BCUT2D eigenvalue weighted by atomic mass is 19.1. The number of hydrogen-bond acceptors (Lipinski definition) is 4. The van der Waals surface area contributed by atoms with Gasteiger partial charge < -0.3 is 10.6 Å². The second kappa shape index (κ2) is 9.13. The SMILES string of the molecule is NC(=O)N(CCCCN1CCN(c2ccccc2F)CC1)c1cc2ccccn2n1. The molecule has 2 aromatic heterocycles. The standard InChI is InChI=1S/C22H27FN6O/c23-19-8-1-2-9-20(19)27-15-13-26(14-16-27)10-5-6-11-28(22(24)30)21-17-18-7-3-4-12-29(18)25-21/h1-4,7-9,12,17H,5-6,10-11,13-16H2,(H2,24,30). The van der Waals surface area contributed by atoms with Crippen molar-refractivity contribution in [1.82, 2.24) is 14.5 Å². The molecule has 0 unspecified atom stereocenters. The lowest BCUT2D eigenvalue weighted by Gasteiger charge is -2.36. The summed E-state index contributed by atoms with van der Waals surface area (Å²) in [6.07, 6.45) is 3.64. The fourth-order valence-corrected chi connectivity index (χ4v) is 3.92. The van der Waals surface area contributed by atoms with Gasteiger partial charge in [-0.05, 0) is 43.7 Å². The average molecular weight is 410 g/mol. The summed E-state index contributed by atoms with van der Waals surface area (Å²) in [5.74, 6) is 0.414. The Morgan fingerprint density at radius 1 is 1.07 bits per heavy atom. The van der Waals surface area contributed by atoms with Crippen LogP contribution in [0.3, 0.4) is 0 Å². The number of amides is 2. The molecule has 0 radical (unpaired) electrons. The number of unbranched alkanes of at least 4 members (excludes halogenated alkanes) is 1. The number of urea groups is 1. The number of halogens is 1. The van der Waals surface area contributed by atoms with Crippen molar-refractivity contribution in [3.05, 3.63) is 60.5 Å². The van der Waals surface area contributed by atoms with Crippen LogP contribution in [0.5, 0.6) is 0 Å². The van der Waals surface area contributed by atoms with Crippen molar-refractivity contribution in [2.24, 2.45) is 5.73 Å². The summed E-state index contributed by atoms with van der Waals surface area (Å²) in [4.78, 5) is 17.9. The molecule has 1 aliphatic heterocycles. The van der Waals surface area contributed by atoms with Crippen LogP contribution in [-0.2, 0) is 0 Å². The van der Waals surface area contributed by atoms with Crippen LogP contribution in [-0.4, -0.2) is 59.8 Å². The van der Waals surface area contributed by atoms with Gasteiger partial charge in [-0.15, -0.1) is 5.10 Å². The zero-order valence-corrected chi connectivity index (χ0v) is 17.0. The van der Waals surface area contributed by atoms with Crippen molar-refractivity contribution in [3.8, 4) is 0 Å². The minimum atomic E-state index is -0.489.